The van der Waals surface area contributed by atoms with Crippen LogP contribution in [-0.2, 0) is 11.2 Å². The minimum absolute atomic E-state index is 0.532. The molecule has 82 valence electrons. The lowest BCUT2D eigenvalue weighted by Gasteiger charge is -2.32. The first-order valence-electron chi connectivity index (χ1n) is 5.35. The molecule has 0 amide bonds. The number of rotatable bonds is 3. The van der Waals surface area contributed by atoms with E-state index in [1.165, 1.54) is 6.42 Å². The van der Waals surface area contributed by atoms with Gasteiger partial charge in [-0.1, -0.05) is 19.3 Å². The highest BCUT2D eigenvalue weighted by atomic mass is 32.1. The third-order valence-corrected chi connectivity index (χ3v) is 4.02. The van der Waals surface area contributed by atoms with Gasteiger partial charge in [0.05, 0.1) is 10.4 Å². The number of carbonyl (C=O) groups is 1. The minimum Gasteiger partial charge on any atom is -0.481 e. The second kappa shape index (κ2) is 4.31. The van der Waals surface area contributed by atoms with E-state index in [1.807, 2.05) is 5.38 Å². The van der Waals surface area contributed by atoms with E-state index in [1.54, 1.807) is 17.5 Å². The first kappa shape index (κ1) is 10.6. The first-order chi connectivity index (χ1) is 7.23. The highest BCUT2D eigenvalue weighted by Crippen LogP contribution is 2.39. The van der Waals surface area contributed by atoms with Crippen LogP contribution in [0.4, 0.5) is 0 Å². The Hall–Kier alpha value is -0.900. The Kier molecular flexibility index (Phi) is 3.05. The first-order valence-corrected chi connectivity index (χ1v) is 6.23. The second-order valence-corrected chi connectivity index (χ2v) is 5.23. The van der Waals surface area contributed by atoms with E-state index >= 15 is 0 Å². The molecular formula is C11H15NO2S. The average molecular weight is 225 g/mol. The Morgan fingerprint density at radius 2 is 2.20 bits per heavy atom. The van der Waals surface area contributed by atoms with Crippen molar-refractivity contribution in [3.05, 3.63) is 16.6 Å². The molecule has 1 heterocycles. The van der Waals surface area contributed by atoms with Crippen molar-refractivity contribution in [3.8, 4) is 0 Å². The zero-order valence-corrected chi connectivity index (χ0v) is 9.42. The van der Waals surface area contributed by atoms with Crippen LogP contribution in [0.25, 0.3) is 0 Å². The molecule has 4 heteroatoms. The van der Waals surface area contributed by atoms with Crippen LogP contribution in [0, 0.1) is 5.41 Å². The average Bonchev–Trinajstić information content (AvgIpc) is 2.71. The summed E-state index contributed by atoms with van der Waals surface area (Å²) in [6.45, 7) is 0. The molecule has 0 saturated heterocycles. The molecule has 2 rings (SSSR count). The van der Waals surface area contributed by atoms with Crippen molar-refractivity contribution >= 4 is 17.3 Å². The maximum atomic E-state index is 11.4. The van der Waals surface area contributed by atoms with Gasteiger partial charge in [-0.2, -0.15) is 0 Å². The number of hydrogen-bond donors (Lipinski definition) is 1. The van der Waals surface area contributed by atoms with Gasteiger partial charge in [0.1, 0.15) is 0 Å². The van der Waals surface area contributed by atoms with Gasteiger partial charge < -0.3 is 5.11 Å². The van der Waals surface area contributed by atoms with E-state index in [0.717, 1.165) is 30.7 Å². The molecule has 0 spiro atoms. The Balaban J connectivity index is 2.15. The maximum Gasteiger partial charge on any atom is 0.310 e. The second-order valence-electron chi connectivity index (χ2n) is 4.25. The molecular weight excluding hydrogens is 210 g/mol. The fraction of sp³-hybridized carbons (Fsp3) is 0.636. The third-order valence-electron chi connectivity index (χ3n) is 3.24. The SMILES string of the molecule is O=C(O)C1(Cc2nccs2)CCCCC1. The van der Waals surface area contributed by atoms with Crippen LogP contribution in [-0.4, -0.2) is 16.1 Å². The summed E-state index contributed by atoms with van der Waals surface area (Å²) in [5.41, 5.74) is -0.532. The third kappa shape index (κ3) is 2.20. The summed E-state index contributed by atoms with van der Waals surface area (Å²) >= 11 is 1.56. The van der Waals surface area contributed by atoms with E-state index in [4.69, 9.17) is 0 Å². The van der Waals surface area contributed by atoms with Crippen LogP contribution in [0.2, 0.25) is 0 Å². The normalized spacial score (nSPS) is 20.0. The predicted molar refractivity (Wildman–Crippen MR) is 59.0 cm³/mol. The molecule has 1 aliphatic rings. The fourth-order valence-corrected chi connectivity index (χ4v) is 3.08. The van der Waals surface area contributed by atoms with Crippen LogP contribution in [0.3, 0.4) is 0 Å². The Morgan fingerprint density at radius 3 is 2.73 bits per heavy atom. The van der Waals surface area contributed by atoms with E-state index < -0.39 is 11.4 Å². The lowest BCUT2D eigenvalue weighted by Crippen LogP contribution is -2.35. The van der Waals surface area contributed by atoms with Gasteiger partial charge in [-0.15, -0.1) is 11.3 Å². The van der Waals surface area contributed by atoms with Crippen LogP contribution in [0.5, 0.6) is 0 Å². The summed E-state index contributed by atoms with van der Waals surface area (Å²) in [6.07, 6.45) is 7.23. The number of carboxylic acids is 1. The quantitative estimate of drug-likeness (QED) is 0.860. The van der Waals surface area contributed by atoms with Gasteiger partial charge in [0.15, 0.2) is 0 Å². The smallest absolute Gasteiger partial charge is 0.310 e. The summed E-state index contributed by atoms with van der Waals surface area (Å²) in [5.74, 6) is -0.641. The number of aliphatic carboxylic acids is 1. The van der Waals surface area contributed by atoms with E-state index in [9.17, 15) is 9.90 Å². The van der Waals surface area contributed by atoms with E-state index in [0.29, 0.717) is 6.42 Å². The van der Waals surface area contributed by atoms with E-state index in [-0.39, 0.29) is 0 Å². The number of hydrogen-bond acceptors (Lipinski definition) is 3. The van der Waals surface area contributed by atoms with Crippen LogP contribution >= 0.6 is 11.3 Å². The highest BCUT2D eigenvalue weighted by molar-refractivity contribution is 7.09. The lowest BCUT2D eigenvalue weighted by molar-refractivity contribution is -0.151. The van der Waals surface area contributed by atoms with Gasteiger partial charge in [-0.05, 0) is 12.8 Å². The van der Waals surface area contributed by atoms with Gasteiger partial charge in [0.2, 0.25) is 0 Å². The molecule has 1 aromatic rings. The molecule has 0 radical (unpaired) electrons. The summed E-state index contributed by atoms with van der Waals surface area (Å²) in [5, 5.41) is 12.2. The zero-order chi connectivity index (χ0) is 10.7. The van der Waals surface area contributed by atoms with Crippen molar-refractivity contribution in [2.24, 2.45) is 5.41 Å². The summed E-state index contributed by atoms with van der Waals surface area (Å²) in [4.78, 5) is 15.6. The molecule has 1 N–H and O–H groups in total. The van der Waals surface area contributed by atoms with Crippen molar-refractivity contribution in [3.63, 3.8) is 0 Å². The topological polar surface area (TPSA) is 50.2 Å². The van der Waals surface area contributed by atoms with Gasteiger partial charge in [0.25, 0.3) is 0 Å². The minimum atomic E-state index is -0.641. The summed E-state index contributed by atoms with van der Waals surface area (Å²) < 4.78 is 0. The molecule has 0 aliphatic heterocycles. The fourth-order valence-electron chi connectivity index (χ4n) is 2.32. The van der Waals surface area contributed by atoms with Crippen LogP contribution < -0.4 is 0 Å². The lowest BCUT2D eigenvalue weighted by atomic mass is 9.72. The number of carboxylic acid groups (broad SMARTS) is 1. The van der Waals surface area contributed by atoms with Crippen molar-refractivity contribution < 1.29 is 9.90 Å². The van der Waals surface area contributed by atoms with Gasteiger partial charge in [0, 0.05) is 18.0 Å². The Bertz CT molecular complexity index is 328. The molecule has 15 heavy (non-hydrogen) atoms. The predicted octanol–water partition coefficient (Wildman–Crippen LogP) is 2.72. The standard InChI is InChI=1S/C11H15NO2S/c13-10(14)11(4-2-1-3-5-11)8-9-12-6-7-15-9/h6-7H,1-5,8H2,(H,13,14). The summed E-state index contributed by atoms with van der Waals surface area (Å²) in [7, 11) is 0. The number of thiazole rings is 1. The molecule has 0 bridgehead atoms. The molecule has 0 unspecified atom stereocenters. The maximum absolute atomic E-state index is 11.4. The molecule has 1 aliphatic carbocycles. The zero-order valence-electron chi connectivity index (χ0n) is 8.61. The largest absolute Gasteiger partial charge is 0.481 e. The highest BCUT2D eigenvalue weighted by Gasteiger charge is 2.40. The number of aromatic nitrogens is 1. The summed E-state index contributed by atoms with van der Waals surface area (Å²) in [6, 6.07) is 0. The van der Waals surface area contributed by atoms with Gasteiger partial charge in [-0.25, -0.2) is 4.98 Å². The van der Waals surface area contributed by atoms with E-state index in [2.05, 4.69) is 4.98 Å². The Morgan fingerprint density at radius 1 is 1.47 bits per heavy atom. The van der Waals surface area contributed by atoms with Crippen molar-refractivity contribution in [2.75, 3.05) is 0 Å². The van der Waals surface area contributed by atoms with Gasteiger partial charge in [-0.3, -0.25) is 4.79 Å². The van der Waals surface area contributed by atoms with Crippen molar-refractivity contribution in [1.29, 1.82) is 0 Å². The molecule has 0 aromatic carbocycles. The van der Waals surface area contributed by atoms with Gasteiger partial charge >= 0.3 is 5.97 Å². The Labute approximate surface area is 93.2 Å². The molecule has 0 atom stereocenters. The van der Waals surface area contributed by atoms with Crippen molar-refractivity contribution in [1.82, 2.24) is 4.98 Å². The monoisotopic (exact) mass is 225 g/mol. The number of nitrogens with zero attached hydrogens (tertiary/aromatic N) is 1. The molecule has 3 nitrogen and oxygen atoms in total. The molecule has 1 fully saturated rings. The van der Waals surface area contributed by atoms with Crippen molar-refractivity contribution in [2.45, 2.75) is 38.5 Å². The van der Waals surface area contributed by atoms with Crippen LogP contribution in [0.1, 0.15) is 37.1 Å². The molecule has 1 aromatic heterocycles. The molecule has 1 saturated carbocycles. The van der Waals surface area contributed by atoms with Crippen LogP contribution in [0.15, 0.2) is 11.6 Å².